The average molecular weight is 260 g/mol. The number of nitrogens with zero attached hydrogens (tertiary/aromatic N) is 2. The third kappa shape index (κ3) is 2.62. The molecule has 1 saturated carbocycles. The van der Waals surface area contributed by atoms with Gasteiger partial charge in [-0.1, -0.05) is 19.3 Å². The molecule has 19 heavy (non-hydrogen) atoms. The maximum Gasteiger partial charge on any atom is 0.306 e. The van der Waals surface area contributed by atoms with E-state index >= 15 is 0 Å². The predicted molar refractivity (Wildman–Crippen MR) is 71.0 cm³/mol. The van der Waals surface area contributed by atoms with E-state index in [2.05, 4.69) is 4.98 Å². The van der Waals surface area contributed by atoms with Crippen LogP contribution in [0.25, 0.3) is 0 Å². The van der Waals surface area contributed by atoms with Gasteiger partial charge in [0.25, 0.3) is 0 Å². The van der Waals surface area contributed by atoms with Crippen molar-refractivity contribution in [2.24, 2.45) is 5.92 Å². The minimum Gasteiger partial charge on any atom is -0.481 e. The SMILES string of the molecule is O=C(O)C1CCc2nc(C3CCCCC3)ncc2C1. The monoisotopic (exact) mass is 260 g/mol. The molecule has 0 aliphatic heterocycles. The summed E-state index contributed by atoms with van der Waals surface area (Å²) in [6.07, 6.45) is 10.3. The second-order valence-corrected chi connectivity index (χ2v) is 5.81. The zero-order chi connectivity index (χ0) is 13.2. The van der Waals surface area contributed by atoms with Crippen LogP contribution < -0.4 is 0 Å². The summed E-state index contributed by atoms with van der Waals surface area (Å²) in [5.41, 5.74) is 2.13. The molecule has 0 bridgehead atoms. The molecule has 2 aliphatic rings. The average Bonchev–Trinajstić information content (AvgIpc) is 2.47. The molecule has 0 amide bonds. The minimum absolute atomic E-state index is 0.253. The summed E-state index contributed by atoms with van der Waals surface area (Å²) in [5.74, 6) is 0.571. The van der Waals surface area contributed by atoms with Gasteiger partial charge < -0.3 is 5.11 Å². The first kappa shape index (κ1) is 12.6. The van der Waals surface area contributed by atoms with Gasteiger partial charge in [0.05, 0.1) is 5.92 Å². The van der Waals surface area contributed by atoms with E-state index in [9.17, 15) is 4.79 Å². The van der Waals surface area contributed by atoms with E-state index in [0.29, 0.717) is 18.8 Å². The van der Waals surface area contributed by atoms with Gasteiger partial charge in [-0.05, 0) is 37.7 Å². The number of rotatable bonds is 2. The summed E-state index contributed by atoms with van der Waals surface area (Å²) in [5, 5.41) is 9.08. The Balaban J connectivity index is 1.79. The summed E-state index contributed by atoms with van der Waals surface area (Å²) >= 11 is 0. The molecule has 1 aromatic rings. The van der Waals surface area contributed by atoms with Gasteiger partial charge in [-0.3, -0.25) is 4.79 Å². The molecule has 1 atom stereocenters. The summed E-state index contributed by atoms with van der Waals surface area (Å²) in [6.45, 7) is 0. The summed E-state index contributed by atoms with van der Waals surface area (Å²) < 4.78 is 0. The van der Waals surface area contributed by atoms with Crippen LogP contribution in [-0.4, -0.2) is 21.0 Å². The molecule has 0 spiro atoms. The van der Waals surface area contributed by atoms with E-state index in [1.807, 2.05) is 6.20 Å². The zero-order valence-corrected chi connectivity index (χ0v) is 11.1. The Morgan fingerprint density at radius 3 is 2.74 bits per heavy atom. The fourth-order valence-corrected chi connectivity index (χ4v) is 3.29. The Bertz CT molecular complexity index is 481. The number of hydrogen-bond acceptors (Lipinski definition) is 3. The Kier molecular flexibility index (Phi) is 3.49. The van der Waals surface area contributed by atoms with Crippen molar-refractivity contribution in [2.45, 2.75) is 57.3 Å². The first-order valence-electron chi connectivity index (χ1n) is 7.31. The van der Waals surface area contributed by atoms with Crippen LogP contribution in [0.4, 0.5) is 0 Å². The van der Waals surface area contributed by atoms with E-state index in [1.165, 1.54) is 32.1 Å². The molecule has 0 aromatic carbocycles. The number of carboxylic acid groups (broad SMARTS) is 1. The Morgan fingerprint density at radius 2 is 2.00 bits per heavy atom. The van der Waals surface area contributed by atoms with Crippen LogP contribution in [0, 0.1) is 5.92 Å². The lowest BCUT2D eigenvalue weighted by molar-refractivity contribution is -0.142. The van der Waals surface area contributed by atoms with Crippen molar-refractivity contribution in [1.82, 2.24) is 9.97 Å². The number of aryl methyl sites for hydroxylation is 1. The van der Waals surface area contributed by atoms with Crippen molar-refractivity contribution in [1.29, 1.82) is 0 Å². The Hall–Kier alpha value is -1.45. The molecule has 0 radical (unpaired) electrons. The van der Waals surface area contributed by atoms with Gasteiger partial charge in [0.15, 0.2) is 0 Å². The third-order valence-electron chi connectivity index (χ3n) is 4.49. The molecule has 0 saturated heterocycles. The van der Waals surface area contributed by atoms with Crippen LogP contribution in [-0.2, 0) is 17.6 Å². The third-order valence-corrected chi connectivity index (χ3v) is 4.49. The number of aromatic nitrogens is 2. The highest BCUT2D eigenvalue weighted by Crippen LogP contribution is 2.32. The number of carboxylic acids is 1. The summed E-state index contributed by atoms with van der Waals surface area (Å²) in [7, 11) is 0. The first-order chi connectivity index (χ1) is 9.24. The lowest BCUT2D eigenvalue weighted by Gasteiger charge is -2.24. The lowest BCUT2D eigenvalue weighted by Crippen LogP contribution is -2.24. The molecular formula is C15H20N2O2. The fraction of sp³-hybridized carbons (Fsp3) is 0.667. The predicted octanol–water partition coefficient (Wildman–Crippen LogP) is 2.71. The van der Waals surface area contributed by atoms with Gasteiger partial charge in [0, 0.05) is 17.8 Å². The van der Waals surface area contributed by atoms with E-state index in [0.717, 1.165) is 23.5 Å². The van der Waals surface area contributed by atoms with Crippen molar-refractivity contribution >= 4 is 5.97 Å². The Morgan fingerprint density at radius 1 is 1.21 bits per heavy atom. The molecule has 4 nitrogen and oxygen atoms in total. The normalized spacial score (nSPS) is 23.9. The molecule has 1 N–H and O–H groups in total. The van der Waals surface area contributed by atoms with Gasteiger partial charge in [-0.25, -0.2) is 9.97 Å². The van der Waals surface area contributed by atoms with Gasteiger partial charge in [-0.15, -0.1) is 0 Å². The molecular weight excluding hydrogens is 240 g/mol. The summed E-state index contributed by atoms with van der Waals surface area (Å²) in [6, 6.07) is 0. The maximum absolute atomic E-state index is 11.0. The second kappa shape index (κ2) is 5.27. The number of hydrogen-bond donors (Lipinski definition) is 1. The van der Waals surface area contributed by atoms with Crippen LogP contribution in [0.2, 0.25) is 0 Å². The topological polar surface area (TPSA) is 63.1 Å². The minimum atomic E-state index is -0.693. The van der Waals surface area contributed by atoms with Gasteiger partial charge in [0.2, 0.25) is 0 Å². The van der Waals surface area contributed by atoms with Gasteiger partial charge in [0.1, 0.15) is 5.82 Å². The van der Waals surface area contributed by atoms with Crippen molar-refractivity contribution < 1.29 is 9.90 Å². The highest BCUT2D eigenvalue weighted by Gasteiger charge is 2.26. The van der Waals surface area contributed by atoms with E-state index in [4.69, 9.17) is 10.1 Å². The fourth-order valence-electron chi connectivity index (χ4n) is 3.29. The first-order valence-corrected chi connectivity index (χ1v) is 7.31. The largest absolute Gasteiger partial charge is 0.481 e. The van der Waals surface area contributed by atoms with Gasteiger partial charge in [-0.2, -0.15) is 0 Å². The van der Waals surface area contributed by atoms with Crippen LogP contribution in [0.15, 0.2) is 6.20 Å². The van der Waals surface area contributed by atoms with E-state index in [1.54, 1.807) is 0 Å². The second-order valence-electron chi connectivity index (χ2n) is 5.81. The molecule has 1 unspecified atom stereocenters. The summed E-state index contributed by atoms with van der Waals surface area (Å²) in [4.78, 5) is 20.3. The standard InChI is InChI=1S/C15H20N2O2/c18-15(19)11-6-7-13-12(8-11)9-16-14(17-13)10-4-2-1-3-5-10/h9-11H,1-8H2,(H,18,19). The van der Waals surface area contributed by atoms with Crippen molar-refractivity contribution in [3.05, 3.63) is 23.3 Å². The Labute approximate surface area is 113 Å². The van der Waals surface area contributed by atoms with Crippen molar-refractivity contribution in [3.63, 3.8) is 0 Å². The van der Waals surface area contributed by atoms with Crippen LogP contribution in [0.5, 0.6) is 0 Å². The molecule has 2 aliphatic carbocycles. The van der Waals surface area contributed by atoms with Crippen LogP contribution in [0.3, 0.4) is 0 Å². The van der Waals surface area contributed by atoms with Crippen molar-refractivity contribution in [2.75, 3.05) is 0 Å². The van der Waals surface area contributed by atoms with Crippen LogP contribution in [0.1, 0.15) is 61.5 Å². The van der Waals surface area contributed by atoms with Crippen LogP contribution >= 0.6 is 0 Å². The molecule has 1 fully saturated rings. The molecule has 1 aromatic heterocycles. The number of aliphatic carboxylic acids is 1. The molecule has 4 heteroatoms. The lowest BCUT2D eigenvalue weighted by atomic mass is 9.86. The number of carbonyl (C=O) groups is 1. The number of fused-ring (bicyclic) bond motifs is 1. The quantitative estimate of drug-likeness (QED) is 0.888. The maximum atomic E-state index is 11.0. The molecule has 102 valence electrons. The smallest absolute Gasteiger partial charge is 0.306 e. The molecule has 3 rings (SSSR count). The zero-order valence-electron chi connectivity index (χ0n) is 11.1. The van der Waals surface area contributed by atoms with Gasteiger partial charge >= 0.3 is 5.97 Å². The highest BCUT2D eigenvalue weighted by molar-refractivity contribution is 5.70. The molecule has 1 heterocycles. The van der Waals surface area contributed by atoms with E-state index in [-0.39, 0.29) is 5.92 Å². The van der Waals surface area contributed by atoms with Crippen molar-refractivity contribution in [3.8, 4) is 0 Å². The van der Waals surface area contributed by atoms with E-state index < -0.39 is 5.97 Å². The highest BCUT2D eigenvalue weighted by atomic mass is 16.4.